The van der Waals surface area contributed by atoms with Crippen molar-refractivity contribution in [1.29, 1.82) is 0 Å². The maximum absolute atomic E-state index is 5.62. The molecule has 24 heavy (non-hydrogen) atoms. The van der Waals surface area contributed by atoms with Crippen LogP contribution in [0.25, 0.3) is 5.57 Å². The first-order valence-electron chi connectivity index (χ1n) is 8.96. The number of hydrogen-bond acceptors (Lipinski definition) is 2. The van der Waals surface area contributed by atoms with E-state index in [1.165, 1.54) is 37.7 Å². The zero-order chi connectivity index (χ0) is 17.1. The van der Waals surface area contributed by atoms with Crippen LogP contribution in [0.1, 0.15) is 60.9 Å². The monoisotopic (exact) mass is 320 g/mol. The SMILES string of the molecule is CC(N)c1ccc(N)cc1.Cc1ccc2c(c1)C1=C(CCCC1)C2. The van der Waals surface area contributed by atoms with Gasteiger partial charge >= 0.3 is 0 Å². The van der Waals surface area contributed by atoms with Crippen LogP contribution in [0.5, 0.6) is 0 Å². The molecule has 2 aromatic carbocycles. The Labute approximate surface area is 145 Å². The Balaban J connectivity index is 0.000000150. The lowest BCUT2D eigenvalue weighted by atomic mass is 9.92. The van der Waals surface area contributed by atoms with Crippen molar-refractivity contribution in [1.82, 2.24) is 0 Å². The highest BCUT2D eigenvalue weighted by Gasteiger charge is 2.23. The number of rotatable bonds is 1. The van der Waals surface area contributed by atoms with Gasteiger partial charge in [0, 0.05) is 11.7 Å². The van der Waals surface area contributed by atoms with E-state index in [4.69, 9.17) is 11.5 Å². The number of aryl methyl sites for hydroxylation is 1. The molecule has 2 heteroatoms. The van der Waals surface area contributed by atoms with Crippen LogP contribution in [0.15, 0.2) is 48.0 Å². The molecule has 0 heterocycles. The number of nitrogen functional groups attached to an aromatic ring is 1. The van der Waals surface area contributed by atoms with Crippen LogP contribution in [0.2, 0.25) is 0 Å². The second-order valence-electron chi connectivity index (χ2n) is 7.08. The smallest absolute Gasteiger partial charge is 0.0314 e. The molecule has 4 N–H and O–H groups in total. The molecule has 0 saturated heterocycles. The molecule has 0 bridgehead atoms. The van der Waals surface area contributed by atoms with Crippen molar-refractivity contribution >= 4 is 11.3 Å². The molecule has 0 radical (unpaired) electrons. The van der Waals surface area contributed by atoms with Crippen LogP contribution in [-0.4, -0.2) is 0 Å². The summed E-state index contributed by atoms with van der Waals surface area (Å²) in [6, 6.07) is 14.7. The second kappa shape index (κ2) is 7.23. The molecule has 126 valence electrons. The fourth-order valence-electron chi connectivity index (χ4n) is 3.64. The van der Waals surface area contributed by atoms with Crippen LogP contribution < -0.4 is 11.5 Å². The Kier molecular flexibility index (Phi) is 5.06. The number of fused-ring (bicyclic) bond motifs is 2. The van der Waals surface area contributed by atoms with E-state index in [1.54, 1.807) is 22.3 Å². The van der Waals surface area contributed by atoms with Gasteiger partial charge < -0.3 is 11.5 Å². The van der Waals surface area contributed by atoms with Gasteiger partial charge in [-0.1, -0.05) is 41.5 Å². The van der Waals surface area contributed by atoms with Crippen molar-refractivity contribution in [3.05, 3.63) is 70.3 Å². The minimum atomic E-state index is 0.0978. The average Bonchev–Trinajstić information content (AvgIpc) is 2.94. The van der Waals surface area contributed by atoms with Crippen LogP contribution in [0.4, 0.5) is 5.69 Å². The lowest BCUT2D eigenvalue weighted by Crippen LogP contribution is -2.04. The zero-order valence-electron chi connectivity index (χ0n) is 14.8. The van der Waals surface area contributed by atoms with Gasteiger partial charge in [-0.05, 0) is 80.3 Å². The molecule has 0 saturated carbocycles. The van der Waals surface area contributed by atoms with Crippen molar-refractivity contribution in [2.75, 3.05) is 5.73 Å². The van der Waals surface area contributed by atoms with E-state index >= 15 is 0 Å². The van der Waals surface area contributed by atoms with Crippen molar-refractivity contribution in [3.63, 3.8) is 0 Å². The fraction of sp³-hybridized carbons (Fsp3) is 0.364. The first-order chi connectivity index (χ1) is 11.5. The molecule has 1 unspecified atom stereocenters. The summed E-state index contributed by atoms with van der Waals surface area (Å²) in [7, 11) is 0. The number of nitrogens with two attached hydrogens (primary N) is 2. The fourth-order valence-corrected chi connectivity index (χ4v) is 3.64. The Morgan fingerprint density at radius 1 is 0.958 bits per heavy atom. The van der Waals surface area contributed by atoms with Gasteiger partial charge in [0.15, 0.2) is 0 Å². The van der Waals surface area contributed by atoms with E-state index in [0.29, 0.717) is 0 Å². The molecule has 0 aliphatic heterocycles. The molecule has 1 atom stereocenters. The standard InChI is InChI=1S/C14H16.C8H12N2/c1-10-6-7-12-9-11-4-2-3-5-13(11)14(12)8-10;1-6(9)7-2-4-8(10)5-3-7/h6-8H,2-5,9H2,1H3;2-6H,9-10H2,1H3. The van der Waals surface area contributed by atoms with E-state index in [-0.39, 0.29) is 6.04 Å². The third-order valence-electron chi connectivity index (χ3n) is 5.04. The maximum atomic E-state index is 5.62. The van der Waals surface area contributed by atoms with Crippen molar-refractivity contribution in [2.45, 2.75) is 52.0 Å². The second-order valence-corrected chi connectivity index (χ2v) is 7.08. The van der Waals surface area contributed by atoms with Crippen molar-refractivity contribution < 1.29 is 0 Å². The van der Waals surface area contributed by atoms with Crippen molar-refractivity contribution in [3.8, 4) is 0 Å². The summed E-state index contributed by atoms with van der Waals surface area (Å²) in [5.41, 5.74) is 21.0. The predicted octanol–water partition coefficient (Wildman–Crippen LogP) is 5.17. The summed E-state index contributed by atoms with van der Waals surface area (Å²) in [4.78, 5) is 0. The van der Waals surface area contributed by atoms with Crippen LogP contribution in [0.3, 0.4) is 0 Å². The number of benzene rings is 2. The minimum absolute atomic E-state index is 0.0978. The van der Waals surface area contributed by atoms with E-state index in [2.05, 4.69) is 25.1 Å². The molecular formula is C22H28N2. The molecule has 2 aromatic rings. The molecule has 0 aromatic heterocycles. The summed E-state index contributed by atoms with van der Waals surface area (Å²) in [6.45, 7) is 4.15. The average molecular weight is 320 g/mol. The predicted molar refractivity (Wildman–Crippen MR) is 104 cm³/mol. The van der Waals surface area contributed by atoms with Gasteiger partial charge in [0.2, 0.25) is 0 Å². The highest BCUT2D eigenvalue weighted by Crippen LogP contribution is 2.41. The largest absolute Gasteiger partial charge is 0.399 e. The van der Waals surface area contributed by atoms with Crippen LogP contribution >= 0.6 is 0 Å². The molecule has 2 aliphatic rings. The summed E-state index contributed by atoms with van der Waals surface area (Å²) < 4.78 is 0. The summed E-state index contributed by atoms with van der Waals surface area (Å²) in [5, 5.41) is 0. The summed E-state index contributed by atoms with van der Waals surface area (Å²) in [6.07, 6.45) is 6.72. The van der Waals surface area contributed by atoms with Gasteiger partial charge in [-0.25, -0.2) is 0 Å². The molecule has 0 fully saturated rings. The van der Waals surface area contributed by atoms with Gasteiger partial charge in [0.25, 0.3) is 0 Å². The normalized spacial score (nSPS) is 16.8. The van der Waals surface area contributed by atoms with E-state index in [1.807, 2.05) is 31.2 Å². The minimum Gasteiger partial charge on any atom is -0.399 e. The highest BCUT2D eigenvalue weighted by molar-refractivity contribution is 5.77. The van der Waals surface area contributed by atoms with Crippen LogP contribution in [-0.2, 0) is 6.42 Å². The Morgan fingerprint density at radius 3 is 2.38 bits per heavy atom. The van der Waals surface area contributed by atoms with Gasteiger partial charge in [-0.3, -0.25) is 0 Å². The highest BCUT2D eigenvalue weighted by atomic mass is 14.6. The van der Waals surface area contributed by atoms with Gasteiger partial charge in [0.05, 0.1) is 0 Å². The Hall–Kier alpha value is -2.06. The molecule has 0 spiro atoms. The van der Waals surface area contributed by atoms with Crippen LogP contribution in [0, 0.1) is 6.92 Å². The molecule has 2 aliphatic carbocycles. The molecular weight excluding hydrogens is 292 g/mol. The van der Waals surface area contributed by atoms with Crippen molar-refractivity contribution in [2.24, 2.45) is 5.73 Å². The van der Waals surface area contributed by atoms with E-state index in [9.17, 15) is 0 Å². The van der Waals surface area contributed by atoms with E-state index < -0.39 is 0 Å². The van der Waals surface area contributed by atoms with Gasteiger partial charge in [-0.15, -0.1) is 0 Å². The quantitative estimate of drug-likeness (QED) is 0.712. The zero-order valence-corrected chi connectivity index (χ0v) is 14.8. The number of allylic oxidation sites excluding steroid dienone is 2. The number of anilines is 1. The topological polar surface area (TPSA) is 52.0 Å². The number of hydrogen-bond donors (Lipinski definition) is 2. The molecule has 0 amide bonds. The molecule has 2 nitrogen and oxygen atoms in total. The maximum Gasteiger partial charge on any atom is 0.0314 e. The first-order valence-corrected chi connectivity index (χ1v) is 8.96. The lowest BCUT2D eigenvalue weighted by Gasteiger charge is -2.14. The van der Waals surface area contributed by atoms with E-state index in [0.717, 1.165) is 11.3 Å². The Morgan fingerprint density at radius 2 is 1.67 bits per heavy atom. The third kappa shape index (κ3) is 3.70. The summed E-state index contributed by atoms with van der Waals surface area (Å²) >= 11 is 0. The third-order valence-corrected chi connectivity index (χ3v) is 5.04. The lowest BCUT2D eigenvalue weighted by molar-refractivity contribution is 0.711. The first kappa shape index (κ1) is 16.8. The molecule has 4 rings (SSSR count). The van der Waals surface area contributed by atoms with Gasteiger partial charge in [0.1, 0.15) is 0 Å². The van der Waals surface area contributed by atoms with Gasteiger partial charge in [-0.2, -0.15) is 0 Å². The Bertz CT molecular complexity index is 739. The summed E-state index contributed by atoms with van der Waals surface area (Å²) in [5.74, 6) is 0.